The predicted octanol–water partition coefficient (Wildman–Crippen LogP) is 5.18. The van der Waals surface area contributed by atoms with E-state index in [4.69, 9.17) is 5.10 Å². The molecular formula is C26H23N3O. The summed E-state index contributed by atoms with van der Waals surface area (Å²) in [4.78, 5) is 12.3. The third-order valence-corrected chi connectivity index (χ3v) is 4.81. The Balaban J connectivity index is 1.59. The van der Waals surface area contributed by atoms with Crippen LogP contribution in [0.25, 0.3) is 23.0 Å². The number of aryl methyl sites for hydroxylation is 1. The molecule has 4 rings (SSSR count). The molecule has 148 valence electrons. The fourth-order valence-electron chi connectivity index (χ4n) is 3.17. The molecule has 0 radical (unpaired) electrons. The Morgan fingerprint density at radius 3 is 2.30 bits per heavy atom. The van der Waals surface area contributed by atoms with Crippen LogP contribution in [0.3, 0.4) is 0 Å². The highest BCUT2D eigenvalue weighted by Crippen LogP contribution is 2.25. The van der Waals surface area contributed by atoms with Crippen molar-refractivity contribution < 1.29 is 4.79 Å². The number of carbonyl (C=O) groups excluding carboxylic acids is 1. The molecule has 0 aliphatic carbocycles. The molecule has 0 aliphatic rings. The summed E-state index contributed by atoms with van der Waals surface area (Å²) >= 11 is 0. The molecule has 0 atom stereocenters. The number of nitrogens with one attached hydrogen (secondary N) is 1. The Morgan fingerprint density at radius 1 is 0.933 bits per heavy atom. The molecule has 0 unspecified atom stereocenters. The first kappa shape index (κ1) is 19.4. The van der Waals surface area contributed by atoms with Gasteiger partial charge in [-0.25, -0.2) is 4.68 Å². The van der Waals surface area contributed by atoms with Gasteiger partial charge in [-0.15, -0.1) is 0 Å². The van der Waals surface area contributed by atoms with Crippen LogP contribution in [0.1, 0.15) is 16.7 Å². The monoisotopic (exact) mass is 393 g/mol. The second kappa shape index (κ2) is 9.05. The van der Waals surface area contributed by atoms with Gasteiger partial charge in [-0.1, -0.05) is 78.4 Å². The van der Waals surface area contributed by atoms with Crippen LogP contribution in [-0.2, 0) is 11.3 Å². The average Bonchev–Trinajstić information content (AvgIpc) is 3.22. The van der Waals surface area contributed by atoms with E-state index in [1.165, 1.54) is 5.56 Å². The van der Waals surface area contributed by atoms with Gasteiger partial charge in [0.1, 0.15) is 0 Å². The summed E-state index contributed by atoms with van der Waals surface area (Å²) in [6.07, 6.45) is 5.33. The van der Waals surface area contributed by atoms with E-state index >= 15 is 0 Å². The van der Waals surface area contributed by atoms with Crippen LogP contribution in [0.5, 0.6) is 0 Å². The van der Waals surface area contributed by atoms with Crippen molar-refractivity contribution in [1.82, 2.24) is 15.1 Å². The summed E-state index contributed by atoms with van der Waals surface area (Å²) in [5, 5.41) is 7.71. The van der Waals surface area contributed by atoms with Crippen molar-refractivity contribution in [1.29, 1.82) is 0 Å². The number of para-hydroxylation sites is 1. The maximum atomic E-state index is 12.3. The molecule has 0 aliphatic heterocycles. The van der Waals surface area contributed by atoms with E-state index in [9.17, 15) is 4.79 Å². The number of nitrogens with zero attached hydrogens (tertiary/aromatic N) is 2. The zero-order chi connectivity index (χ0) is 20.8. The Labute approximate surface area is 176 Å². The molecule has 4 heteroatoms. The number of rotatable bonds is 6. The first-order valence-corrected chi connectivity index (χ1v) is 9.91. The number of hydrogen-bond donors (Lipinski definition) is 1. The first-order chi connectivity index (χ1) is 14.7. The lowest BCUT2D eigenvalue weighted by Crippen LogP contribution is -2.20. The fourth-order valence-corrected chi connectivity index (χ4v) is 3.17. The summed E-state index contributed by atoms with van der Waals surface area (Å²) < 4.78 is 1.84. The number of carbonyl (C=O) groups is 1. The molecule has 0 fully saturated rings. The molecule has 0 spiro atoms. The van der Waals surface area contributed by atoms with Gasteiger partial charge in [0.15, 0.2) is 0 Å². The van der Waals surface area contributed by atoms with Crippen molar-refractivity contribution in [3.05, 3.63) is 114 Å². The van der Waals surface area contributed by atoms with Crippen molar-refractivity contribution in [2.75, 3.05) is 0 Å². The molecule has 1 aromatic heterocycles. The minimum atomic E-state index is -0.138. The summed E-state index contributed by atoms with van der Waals surface area (Å²) in [5.74, 6) is -0.138. The van der Waals surface area contributed by atoms with Crippen molar-refractivity contribution in [2.24, 2.45) is 0 Å². The second-order valence-corrected chi connectivity index (χ2v) is 7.12. The smallest absolute Gasteiger partial charge is 0.244 e. The molecule has 0 saturated carbocycles. The predicted molar refractivity (Wildman–Crippen MR) is 121 cm³/mol. The molecule has 4 aromatic rings. The molecule has 0 saturated heterocycles. The quantitative estimate of drug-likeness (QED) is 0.459. The van der Waals surface area contributed by atoms with Crippen molar-refractivity contribution in [3.8, 4) is 16.9 Å². The summed E-state index contributed by atoms with van der Waals surface area (Å²) in [5.41, 5.74) is 5.97. The number of benzene rings is 3. The van der Waals surface area contributed by atoms with Gasteiger partial charge in [-0.2, -0.15) is 5.10 Å². The van der Waals surface area contributed by atoms with E-state index in [0.717, 1.165) is 28.1 Å². The van der Waals surface area contributed by atoms with Crippen molar-refractivity contribution in [3.63, 3.8) is 0 Å². The molecule has 3 aromatic carbocycles. The van der Waals surface area contributed by atoms with E-state index < -0.39 is 0 Å². The zero-order valence-corrected chi connectivity index (χ0v) is 16.8. The lowest BCUT2D eigenvalue weighted by Gasteiger charge is -2.02. The van der Waals surface area contributed by atoms with Crippen LogP contribution < -0.4 is 5.32 Å². The summed E-state index contributed by atoms with van der Waals surface area (Å²) in [7, 11) is 0. The zero-order valence-electron chi connectivity index (χ0n) is 16.8. The Bertz CT molecular complexity index is 1140. The van der Waals surface area contributed by atoms with Crippen LogP contribution >= 0.6 is 0 Å². The van der Waals surface area contributed by atoms with Crippen molar-refractivity contribution >= 4 is 12.0 Å². The van der Waals surface area contributed by atoms with E-state index in [-0.39, 0.29) is 5.91 Å². The Kier molecular flexibility index (Phi) is 5.85. The van der Waals surface area contributed by atoms with E-state index in [0.29, 0.717) is 6.54 Å². The van der Waals surface area contributed by atoms with Gasteiger partial charge in [0.05, 0.1) is 11.4 Å². The fraction of sp³-hybridized carbons (Fsp3) is 0.0769. The molecule has 1 heterocycles. The number of hydrogen-bond acceptors (Lipinski definition) is 2. The molecule has 4 nitrogen and oxygen atoms in total. The van der Waals surface area contributed by atoms with Crippen LogP contribution in [0, 0.1) is 6.92 Å². The van der Waals surface area contributed by atoms with Gasteiger partial charge < -0.3 is 5.32 Å². The topological polar surface area (TPSA) is 46.9 Å². The summed E-state index contributed by atoms with van der Waals surface area (Å²) in [6, 6.07) is 28.1. The van der Waals surface area contributed by atoms with Gasteiger partial charge in [0.2, 0.25) is 5.91 Å². The minimum Gasteiger partial charge on any atom is -0.348 e. The number of amides is 1. The third kappa shape index (κ3) is 4.73. The van der Waals surface area contributed by atoms with Crippen LogP contribution in [0.4, 0.5) is 0 Å². The maximum Gasteiger partial charge on any atom is 0.244 e. The molecular weight excluding hydrogens is 370 g/mol. The molecule has 1 N–H and O–H groups in total. The van der Waals surface area contributed by atoms with Gasteiger partial charge in [-0.05, 0) is 30.7 Å². The highest BCUT2D eigenvalue weighted by molar-refractivity contribution is 5.92. The Hall–Kier alpha value is -3.92. The van der Waals surface area contributed by atoms with Crippen LogP contribution in [0.2, 0.25) is 0 Å². The first-order valence-electron chi connectivity index (χ1n) is 9.91. The molecule has 30 heavy (non-hydrogen) atoms. The third-order valence-electron chi connectivity index (χ3n) is 4.81. The summed E-state index contributed by atoms with van der Waals surface area (Å²) in [6.45, 7) is 2.56. The van der Waals surface area contributed by atoms with Gasteiger partial charge in [0.25, 0.3) is 0 Å². The van der Waals surface area contributed by atoms with E-state index in [1.807, 2.05) is 77.6 Å². The lowest BCUT2D eigenvalue weighted by atomic mass is 10.1. The molecule has 0 bridgehead atoms. The SMILES string of the molecule is Cc1ccc(-c2nn(-c3ccccc3)cc2C=CC(=O)NCc2ccccc2)cc1. The normalized spacial score (nSPS) is 11.0. The average molecular weight is 393 g/mol. The standard InChI is InChI=1S/C26H23N3O/c1-20-12-14-22(15-13-20)26-23(19-29(28-26)24-10-6-3-7-11-24)16-17-25(30)27-18-21-8-4-2-5-9-21/h2-17,19H,18H2,1H3,(H,27,30). The largest absolute Gasteiger partial charge is 0.348 e. The highest BCUT2D eigenvalue weighted by Gasteiger charge is 2.11. The second-order valence-electron chi connectivity index (χ2n) is 7.12. The van der Waals surface area contributed by atoms with Gasteiger partial charge >= 0.3 is 0 Å². The Morgan fingerprint density at radius 2 is 1.60 bits per heavy atom. The highest BCUT2D eigenvalue weighted by atomic mass is 16.1. The maximum absolute atomic E-state index is 12.3. The van der Waals surface area contributed by atoms with Crippen molar-refractivity contribution in [2.45, 2.75) is 13.5 Å². The van der Waals surface area contributed by atoms with Crippen LogP contribution in [0.15, 0.2) is 97.2 Å². The van der Waals surface area contributed by atoms with Gasteiger partial charge in [-0.3, -0.25) is 4.79 Å². The lowest BCUT2D eigenvalue weighted by molar-refractivity contribution is -0.116. The van der Waals surface area contributed by atoms with E-state index in [1.54, 1.807) is 6.08 Å². The van der Waals surface area contributed by atoms with E-state index in [2.05, 4.69) is 36.5 Å². The minimum absolute atomic E-state index is 0.138. The van der Waals surface area contributed by atoms with Crippen LogP contribution in [-0.4, -0.2) is 15.7 Å². The number of aromatic nitrogens is 2. The molecule has 1 amide bonds. The van der Waals surface area contributed by atoms with Gasteiger partial charge in [0, 0.05) is 29.9 Å².